The van der Waals surface area contributed by atoms with E-state index in [1.165, 1.54) is 7.11 Å². The molecule has 0 aliphatic rings. The van der Waals surface area contributed by atoms with Crippen LogP contribution in [0.15, 0.2) is 6.20 Å². The van der Waals surface area contributed by atoms with Gasteiger partial charge in [-0.05, 0) is 12.8 Å². The molecule has 16 heavy (non-hydrogen) atoms. The van der Waals surface area contributed by atoms with E-state index >= 15 is 0 Å². The molecule has 1 aromatic rings. The Hall–Kier alpha value is -1.07. The summed E-state index contributed by atoms with van der Waals surface area (Å²) < 4.78 is 6.76. The lowest BCUT2D eigenvalue weighted by Crippen LogP contribution is -2.26. The second kappa shape index (κ2) is 5.32. The summed E-state index contributed by atoms with van der Waals surface area (Å²) >= 11 is 0. The summed E-state index contributed by atoms with van der Waals surface area (Å²) in [5.41, 5.74) is 0.534. The predicted molar refractivity (Wildman–Crippen MR) is 60.3 cm³/mol. The van der Waals surface area contributed by atoms with Crippen molar-refractivity contribution in [3.8, 4) is 5.75 Å². The second-order valence-electron chi connectivity index (χ2n) is 4.09. The molecule has 0 fully saturated rings. The van der Waals surface area contributed by atoms with Crippen LogP contribution >= 0.6 is 0 Å². The van der Waals surface area contributed by atoms with E-state index in [1.807, 2.05) is 20.8 Å². The lowest BCUT2D eigenvalue weighted by molar-refractivity contribution is -0.0151. The molecule has 2 atom stereocenters. The molecule has 1 aromatic heterocycles. The molecule has 0 saturated carbocycles. The Labute approximate surface area is 95.7 Å². The number of aromatic nitrogens is 2. The number of ether oxygens (including phenoxy) is 1. The molecule has 0 amide bonds. The van der Waals surface area contributed by atoms with Crippen LogP contribution in [0.4, 0.5) is 0 Å². The van der Waals surface area contributed by atoms with Crippen LogP contribution in [-0.2, 0) is 6.54 Å². The second-order valence-corrected chi connectivity index (χ2v) is 4.09. The van der Waals surface area contributed by atoms with Crippen molar-refractivity contribution in [1.82, 2.24) is 9.78 Å². The van der Waals surface area contributed by atoms with Gasteiger partial charge in [0.25, 0.3) is 0 Å². The highest BCUT2D eigenvalue weighted by molar-refractivity contribution is 5.28. The number of aliphatic hydroxyl groups is 2. The van der Waals surface area contributed by atoms with Crippen LogP contribution in [0.2, 0.25) is 0 Å². The molecule has 1 heterocycles. The fourth-order valence-corrected chi connectivity index (χ4v) is 1.61. The quantitative estimate of drug-likeness (QED) is 0.787. The summed E-state index contributed by atoms with van der Waals surface area (Å²) in [6.45, 7) is 6.25. The molecule has 1 rings (SSSR count). The van der Waals surface area contributed by atoms with Crippen molar-refractivity contribution >= 4 is 0 Å². The smallest absolute Gasteiger partial charge is 0.162 e. The van der Waals surface area contributed by atoms with Gasteiger partial charge in [0.15, 0.2) is 5.75 Å². The van der Waals surface area contributed by atoms with E-state index < -0.39 is 12.2 Å². The van der Waals surface area contributed by atoms with E-state index in [1.54, 1.807) is 10.9 Å². The van der Waals surface area contributed by atoms with Crippen molar-refractivity contribution in [3.63, 3.8) is 0 Å². The molecular weight excluding hydrogens is 208 g/mol. The molecule has 0 radical (unpaired) electrons. The number of methoxy groups -OCH3 is 1. The topological polar surface area (TPSA) is 67.5 Å². The highest BCUT2D eigenvalue weighted by Crippen LogP contribution is 2.29. The Kier molecular flexibility index (Phi) is 4.32. The van der Waals surface area contributed by atoms with E-state index in [4.69, 9.17) is 4.74 Å². The van der Waals surface area contributed by atoms with E-state index in [2.05, 4.69) is 5.10 Å². The van der Waals surface area contributed by atoms with E-state index in [-0.39, 0.29) is 5.92 Å². The Bertz CT molecular complexity index is 314. The van der Waals surface area contributed by atoms with Crippen molar-refractivity contribution in [2.75, 3.05) is 7.11 Å². The third-order valence-electron chi connectivity index (χ3n) is 2.65. The molecule has 5 nitrogen and oxygen atoms in total. The average molecular weight is 228 g/mol. The number of hydrogen-bond donors (Lipinski definition) is 2. The number of aliphatic hydroxyl groups excluding tert-OH is 2. The first-order valence-electron chi connectivity index (χ1n) is 5.48. The van der Waals surface area contributed by atoms with Gasteiger partial charge in [-0.25, -0.2) is 0 Å². The normalized spacial score (nSPS) is 15.2. The molecule has 5 heteroatoms. The maximum atomic E-state index is 10.1. The van der Waals surface area contributed by atoms with Gasteiger partial charge in [0.05, 0.1) is 19.4 Å². The van der Waals surface area contributed by atoms with Crippen LogP contribution < -0.4 is 4.74 Å². The molecule has 0 saturated heterocycles. The van der Waals surface area contributed by atoms with Crippen molar-refractivity contribution in [2.45, 2.75) is 39.5 Å². The fraction of sp³-hybridized carbons (Fsp3) is 0.727. The zero-order valence-electron chi connectivity index (χ0n) is 10.2. The summed E-state index contributed by atoms with van der Waals surface area (Å²) in [5.74, 6) is 0.481. The number of hydrogen-bond acceptors (Lipinski definition) is 4. The number of aryl methyl sites for hydroxylation is 1. The molecule has 0 aromatic carbocycles. The molecule has 2 unspecified atom stereocenters. The third-order valence-corrected chi connectivity index (χ3v) is 2.65. The van der Waals surface area contributed by atoms with Gasteiger partial charge >= 0.3 is 0 Å². The maximum Gasteiger partial charge on any atom is 0.162 e. The highest BCUT2D eigenvalue weighted by Gasteiger charge is 2.27. The lowest BCUT2D eigenvalue weighted by atomic mass is 9.99. The molecule has 0 spiro atoms. The van der Waals surface area contributed by atoms with E-state index in [0.29, 0.717) is 18.0 Å². The van der Waals surface area contributed by atoms with Crippen LogP contribution in [0, 0.1) is 5.92 Å². The zero-order valence-corrected chi connectivity index (χ0v) is 10.2. The first-order chi connectivity index (χ1) is 7.52. The van der Waals surface area contributed by atoms with Gasteiger partial charge in [0.1, 0.15) is 11.8 Å². The molecule has 2 N–H and O–H groups in total. The van der Waals surface area contributed by atoms with Crippen LogP contribution in [0.3, 0.4) is 0 Å². The van der Waals surface area contributed by atoms with E-state index in [9.17, 15) is 10.2 Å². The van der Waals surface area contributed by atoms with E-state index in [0.717, 1.165) is 0 Å². The van der Waals surface area contributed by atoms with Gasteiger partial charge in [-0.1, -0.05) is 13.8 Å². The van der Waals surface area contributed by atoms with Crippen molar-refractivity contribution in [3.05, 3.63) is 11.9 Å². The standard InChI is InChI=1S/C11H20N2O3/c1-5-13-9(8(16-4)6-12-13)11(15)10(14)7(2)3/h6-7,10-11,14-15H,5H2,1-4H3. The first kappa shape index (κ1) is 13.0. The summed E-state index contributed by atoms with van der Waals surface area (Å²) in [4.78, 5) is 0. The summed E-state index contributed by atoms with van der Waals surface area (Å²) in [6, 6.07) is 0. The summed E-state index contributed by atoms with van der Waals surface area (Å²) in [6.07, 6.45) is -0.247. The number of rotatable bonds is 5. The minimum Gasteiger partial charge on any atom is -0.493 e. The van der Waals surface area contributed by atoms with Crippen LogP contribution in [0.1, 0.15) is 32.6 Å². The zero-order chi connectivity index (χ0) is 12.3. The van der Waals surface area contributed by atoms with Gasteiger partial charge in [0.2, 0.25) is 0 Å². The Morgan fingerprint density at radius 3 is 2.50 bits per heavy atom. The van der Waals surface area contributed by atoms with Gasteiger partial charge in [-0.15, -0.1) is 0 Å². The summed E-state index contributed by atoms with van der Waals surface area (Å²) in [7, 11) is 1.52. The van der Waals surface area contributed by atoms with Gasteiger partial charge in [0, 0.05) is 6.54 Å². The number of nitrogens with zero attached hydrogens (tertiary/aromatic N) is 2. The maximum absolute atomic E-state index is 10.1. The lowest BCUT2D eigenvalue weighted by Gasteiger charge is -2.22. The van der Waals surface area contributed by atoms with Crippen LogP contribution in [0.5, 0.6) is 5.75 Å². The first-order valence-corrected chi connectivity index (χ1v) is 5.48. The predicted octanol–water partition coefficient (Wildman–Crippen LogP) is 0.962. The van der Waals surface area contributed by atoms with Gasteiger partial charge in [-0.3, -0.25) is 4.68 Å². The highest BCUT2D eigenvalue weighted by atomic mass is 16.5. The monoisotopic (exact) mass is 228 g/mol. The minimum absolute atomic E-state index is 0.0279. The minimum atomic E-state index is -0.975. The van der Waals surface area contributed by atoms with Gasteiger partial charge in [-0.2, -0.15) is 5.10 Å². The van der Waals surface area contributed by atoms with Crippen LogP contribution in [0.25, 0.3) is 0 Å². The Balaban J connectivity index is 3.04. The Morgan fingerprint density at radius 1 is 1.44 bits per heavy atom. The summed E-state index contributed by atoms with van der Waals surface area (Å²) in [5, 5.41) is 24.0. The van der Waals surface area contributed by atoms with Crippen molar-refractivity contribution in [2.24, 2.45) is 5.92 Å². The average Bonchev–Trinajstić information content (AvgIpc) is 2.69. The molecular formula is C11H20N2O3. The fourth-order valence-electron chi connectivity index (χ4n) is 1.61. The molecule has 0 bridgehead atoms. The largest absolute Gasteiger partial charge is 0.493 e. The van der Waals surface area contributed by atoms with Crippen molar-refractivity contribution in [1.29, 1.82) is 0 Å². The molecule has 92 valence electrons. The Morgan fingerprint density at radius 2 is 2.06 bits per heavy atom. The molecule has 0 aliphatic heterocycles. The van der Waals surface area contributed by atoms with Crippen molar-refractivity contribution < 1.29 is 14.9 Å². The van der Waals surface area contributed by atoms with Crippen LogP contribution in [-0.4, -0.2) is 33.2 Å². The molecule has 0 aliphatic carbocycles. The third kappa shape index (κ3) is 2.36. The SMILES string of the molecule is CCn1ncc(OC)c1C(O)C(O)C(C)C. The van der Waals surface area contributed by atoms with Gasteiger partial charge < -0.3 is 14.9 Å².